The van der Waals surface area contributed by atoms with Gasteiger partial charge in [0, 0.05) is 37.8 Å². The lowest BCUT2D eigenvalue weighted by Crippen LogP contribution is -2.46. The Kier molecular flexibility index (Phi) is 6.46. The van der Waals surface area contributed by atoms with Crippen LogP contribution in [0.4, 0.5) is 0 Å². The molecule has 1 saturated heterocycles. The van der Waals surface area contributed by atoms with Crippen molar-refractivity contribution in [2.75, 3.05) is 40.3 Å². The third-order valence-electron chi connectivity index (χ3n) is 5.00. The van der Waals surface area contributed by atoms with Crippen LogP contribution in [0.25, 0.3) is 11.3 Å². The minimum Gasteiger partial charge on any atom is -0.355 e. The van der Waals surface area contributed by atoms with Gasteiger partial charge >= 0.3 is 0 Å². The van der Waals surface area contributed by atoms with Crippen molar-refractivity contribution in [2.24, 2.45) is 5.92 Å². The van der Waals surface area contributed by atoms with E-state index in [1.54, 1.807) is 11.0 Å². The first kappa shape index (κ1) is 20.1. The molecule has 28 heavy (non-hydrogen) atoms. The van der Waals surface area contributed by atoms with Gasteiger partial charge in [-0.1, -0.05) is 35.0 Å². The van der Waals surface area contributed by atoms with Gasteiger partial charge in [0.05, 0.1) is 5.92 Å². The molecule has 0 unspecified atom stereocenters. The number of nitrogens with one attached hydrogen (secondary N) is 1. The van der Waals surface area contributed by atoms with E-state index >= 15 is 0 Å². The highest BCUT2D eigenvalue weighted by atomic mass is 16.5. The van der Waals surface area contributed by atoms with Gasteiger partial charge in [0.25, 0.3) is 5.91 Å². The van der Waals surface area contributed by atoms with Gasteiger partial charge in [-0.25, -0.2) is 0 Å². The van der Waals surface area contributed by atoms with Gasteiger partial charge in [-0.05, 0) is 33.9 Å². The lowest BCUT2D eigenvalue weighted by Gasteiger charge is -2.31. The molecule has 0 spiro atoms. The Balaban J connectivity index is 1.61. The minimum absolute atomic E-state index is 0.0137. The lowest BCUT2D eigenvalue weighted by atomic mass is 9.97. The molecule has 1 atom stereocenters. The van der Waals surface area contributed by atoms with E-state index in [0.29, 0.717) is 25.4 Å². The fourth-order valence-corrected chi connectivity index (χ4v) is 3.31. The summed E-state index contributed by atoms with van der Waals surface area (Å²) >= 11 is 0. The zero-order valence-corrected chi connectivity index (χ0v) is 16.8. The van der Waals surface area contributed by atoms with Crippen molar-refractivity contribution in [1.29, 1.82) is 0 Å². The molecule has 0 aliphatic carbocycles. The van der Waals surface area contributed by atoms with Crippen LogP contribution in [0.2, 0.25) is 0 Å². The van der Waals surface area contributed by atoms with E-state index in [2.05, 4.69) is 10.5 Å². The summed E-state index contributed by atoms with van der Waals surface area (Å²) in [6.45, 7) is 4.47. The van der Waals surface area contributed by atoms with Gasteiger partial charge < -0.3 is 19.6 Å². The van der Waals surface area contributed by atoms with Gasteiger partial charge in [0.15, 0.2) is 11.5 Å². The second-order valence-electron chi connectivity index (χ2n) is 7.63. The van der Waals surface area contributed by atoms with Crippen LogP contribution in [-0.2, 0) is 4.79 Å². The summed E-state index contributed by atoms with van der Waals surface area (Å²) in [7, 11) is 3.94. The van der Waals surface area contributed by atoms with Gasteiger partial charge in [0.2, 0.25) is 5.91 Å². The molecular weight excluding hydrogens is 356 g/mol. The van der Waals surface area contributed by atoms with Crippen molar-refractivity contribution in [3.8, 4) is 11.3 Å². The van der Waals surface area contributed by atoms with Crippen LogP contribution in [0.15, 0.2) is 34.9 Å². The molecule has 3 rings (SSSR count). The summed E-state index contributed by atoms with van der Waals surface area (Å²) < 4.78 is 5.37. The SMILES string of the molecule is Cc1ccc(-c2cc(C(=O)N3CCC[C@H](C(=O)NCCN(C)C)C3)no2)cc1. The molecule has 1 aromatic heterocycles. The van der Waals surface area contributed by atoms with Crippen molar-refractivity contribution < 1.29 is 14.1 Å². The van der Waals surface area contributed by atoms with Crippen molar-refractivity contribution in [1.82, 2.24) is 20.3 Å². The molecule has 2 heterocycles. The summed E-state index contributed by atoms with van der Waals surface area (Å²) in [6.07, 6.45) is 1.60. The van der Waals surface area contributed by atoms with Crippen LogP contribution in [0, 0.1) is 12.8 Å². The Morgan fingerprint density at radius 1 is 1.29 bits per heavy atom. The van der Waals surface area contributed by atoms with E-state index in [4.69, 9.17) is 4.52 Å². The zero-order valence-electron chi connectivity index (χ0n) is 16.8. The van der Waals surface area contributed by atoms with E-state index in [-0.39, 0.29) is 23.4 Å². The molecule has 1 aromatic carbocycles. The number of likely N-dealkylation sites (N-methyl/N-ethyl adjacent to an activating group) is 1. The van der Waals surface area contributed by atoms with Crippen molar-refractivity contribution >= 4 is 11.8 Å². The number of aryl methyl sites for hydroxylation is 1. The molecule has 1 aliphatic rings. The Hall–Kier alpha value is -2.67. The second-order valence-corrected chi connectivity index (χ2v) is 7.63. The van der Waals surface area contributed by atoms with Crippen LogP contribution in [0.3, 0.4) is 0 Å². The van der Waals surface area contributed by atoms with E-state index in [0.717, 1.165) is 30.5 Å². The molecule has 0 radical (unpaired) electrons. The van der Waals surface area contributed by atoms with Crippen molar-refractivity contribution in [3.63, 3.8) is 0 Å². The fourth-order valence-electron chi connectivity index (χ4n) is 3.31. The number of amides is 2. The highest BCUT2D eigenvalue weighted by Crippen LogP contribution is 2.23. The number of benzene rings is 1. The molecule has 150 valence electrons. The number of likely N-dealkylation sites (tertiary alicyclic amines) is 1. The average Bonchev–Trinajstić information content (AvgIpc) is 3.18. The molecule has 1 N–H and O–H groups in total. The number of piperidine rings is 1. The maximum Gasteiger partial charge on any atom is 0.276 e. The van der Waals surface area contributed by atoms with Gasteiger partial charge in [-0.3, -0.25) is 9.59 Å². The minimum atomic E-state index is -0.187. The predicted octanol–water partition coefficient (Wildman–Crippen LogP) is 2.18. The number of nitrogens with zero attached hydrogens (tertiary/aromatic N) is 3. The quantitative estimate of drug-likeness (QED) is 0.826. The Morgan fingerprint density at radius 2 is 2.04 bits per heavy atom. The highest BCUT2D eigenvalue weighted by Gasteiger charge is 2.30. The summed E-state index contributed by atoms with van der Waals surface area (Å²) in [4.78, 5) is 29.0. The Labute approximate surface area is 165 Å². The van der Waals surface area contributed by atoms with Crippen LogP contribution in [0.5, 0.6) is 0 Å². The molecular formula is C21H28N4O3. The molecule has 0 saturated carbocycles. The molecule has 0 bridgehead atoms. The molecule has 1 fully saturated rings. The lowest BCUT2D eigenvalue weighted by molar-refractivity contribution is -0.126. The number of carbonyl (C=O) groups excluding carboxylic acids is 2. The smallest absolute Gasteiger partial charge is 0.276 e. The van der Waals surface area contributed by atoms with E-state index in [1.807, 2.05) is 50.2 Å². The monoisotopic (exact) mass is 384 g/mol. The Morgan fingerprint density at radius 3 is 2.75 bits per heavy atom. The van der Waals surface area contributed by atoms with Gasteiger partial charge in [-0.2, -0.15) is 0 Å². The maximum absolute atomic E-state index is 12.8. The van der Waals surface area contributed by atoms with Gasteiger partial charge in [0.1, 0.15) is 0 Å². The first-order valence-corrected chi connectivity index (χ1v) is 9.69. The number of hydrogen-bond acceptors (Lipinski definition) is 5. The molecule has 2 aromatic rings. The molecule has 7 heteroatoms. The van der Waals surface area contributed by atoms with Crippen LogP contribution in [0.1, 0.15) is 28.9 Å². The number of hydrogen-bond donors (Lipinski definition) is 1. The standard InChI is InChI=1S/C21H28N4O3/c1-15-6-8-16(9-7-15)19-13-18(23-28-19)21(27)25-11-4-5-17(14-25)20(26)22-10-12-24(2)3/h6-9,13,17H,4-5,10-12,14H2,1-3H3,(H,22,26)/t17-/m0/s1. The molecule has 7 nitrogen and oxygen atoms in total. The molecule has 1 aliphatic heterocycles. The van der Waals surface area contributed by atoms with E-state index in [9.17, 15) is 9.59 Å². The van der Waals surface area contributed by atoms with Crippen LogP contribution >= 0.6 is 0 Å². The topological polar surface area (TPSA) is 78.7 Å². The van der Waals surface area contributed by atoms with Gasteiger partial charge in [-0.15, -0.1) is 0 Å². The average molecular weight is 384 g/mol. The van der Waals surface area contributed by atoms with Crippen LogP contribution < -0.4 is 5.32 Å². The van der Waals surface area contributed by atoms with E-state index in [1.165, 1.54) is 0 Å². The third-order valence-corrected chi connectivity index (χ3v) is 5.00. The summed E-state index contributed by atoms with van der Waals surface area (Å²) in [5.41, 5.74) is 2.32. The summed E-state index contributed by atoms with van der Waals surface area (Å²) in [5.74, 6) is 0.217. The zero-order chi connectivity index (χ0) is 20.1. The maximum atomic E-state index is 12.8. The van der Waals surface area contributed by atoms with Crippen molar-refractivity contribution in [2.45, 2.75) is 19.8 Å². The first-order valence-electron chi connectivity index (χ1n) is 9.69. The first-order chi connectivity index (χ1) is 13.4. The van der Waals surface area contributed by atoms with E-state index < -0.39 is 0 Å². The fraction of sp³-hybridized carbons (Fsp3) is 0.476. The second kappa shape index (κ2) is 9.01. The largest absolute Gasteiger partial charge is 0.355 e. The number of aromatic nitrogens is 1. The number of carbonyl (C=O) groups is 2. The van der Waals surface area contributed by atoms with Crippen LogP contribution in [-0.4, -0.2) is 67.0 Å². The third kappa shape index (κ3) is 4.98. The molecule has 2 amide bonds. The highest BCUT2D eigenvalue weighted by molar-refractivity contribution is 5.93. The number of rotatable bonds is 6. The Bertz CT molecular complexity index is 813. The van der Waals surface area contributed by atoms with Crippen molar-refractivity contribution in [3.05, 3.63) is 41.6 Å². The summed E-state index contributed by atoms with van der Waals surface area (Å²) in [5, 5.41) is 6.92. The normalized spacial score (nSPS) is 17.0. The predicted molar refractivity (Wildman–Crippen MR) is 107 cm³/mol. The summed E-state index contributed by atoms with van der Waals surface area (Å²) in [6, 6.07) is 9.54.